The maximum atomic E-state index is 11.3. The Labute approximate surface area is 105 Å². The normalized spacial score (nSPS) is 10.1. The van der Waals surface area contributed by atoms with Gasteiger partial charge in [-0.1, -0.05) is 6.07 Å². The van der Waals surface area contributed by atoms with Crippen LogP contribution >= 0.6 is 22.6 Å². The van der Waals surface area contributed by atoms with E-state index < -0.39 is 0 Å². The van der Waals surface area contributed by atoms with E-state index in [2.05, 4.69) is 20.3 Å². The number of aromatic amines is 1. The van der Waals surface area contributed by atoms with Gasteiger partial charge >= 0.3 is 0 Å². The predicted molar refractivity (Wildman–Crippen MR) is 69.1 cm³/mol. The number of rotatable bonds is 3. The lowest BCUT2D eigenvalue weighted by Crippen LogP contribution is -2.14. The van der Waals surface area contributed by atoms with Crippen LogP contribution in [0.2, 0.25) is 0 Å². The van der Waals surface area contributed by atoms with Crippen LogP contribution in [0.1, 0.15) is 5.69 Å². The molecular weight excluding hydrogens is 319 g/mol. The fraction of sp³-hybridized carbons (Fsp3) is 0.100. The molecule has 2 aromatic heterocycles. The molecule has 0 atom stereocenters. The minimum Gasteiger partial charge on any atom is -0.363 e. The number of hydrogen-bond donors (Lipinski definition) is 2. The predicted octanol–water partition coefficient (Wildman–Crippen LogP) is 1.38. The third kappa shape index (κ3) is 2.57. The molecule has 2 N–H and O–H groups in total. The van der Waals surface area contributed by atoms with Gasteiger partial charge in [-0.05, 0) is 34.7 Å². The summed E-state index contributed by atoms with van der Waals surface area (Å²) >= 11 is 1.96. The van der Waals surface area contributed by atoms with Crippen molar-refractivity contribution < 1.29 is 0 Å². The van der Waals surface area contributed by atoms with Crippen molar-refractivity contribution in [2.45, 2.75) is 6.54 Å². The lowest BCUT2D eigenvalue weighted by atomic mass is 10.3. The number of H-pyrrole nitrogens is 1. The highest BCUT2D eigenvalue weighted by atomic mass is 127. The first-order valence-electron chi connectivity index (χ1n) is 4.64. The Kier molecular flexibility index (Phi) is 3.50. The molecule has 0 saturated carbocycles. The Hall–Kier alpha value is -1.44. The van der Waals surface area contributed by atoms with Crippen molar-refractivity contribution in [3.05, 3.63) is 50.3 Å². The molecule has 2 heterocycles. The SMILES string of the molecule is O=c1[nH]cnc(NCc2ccccn2)c1I. The van der Waals surface area contributed by atoms with Gasteiger partial charge in [0.2, 0.25) is 0 Å². The van der Waals surface area contributed by atoms with Gasteiger partial charge in [0.25, 0.3) is 5.56 Å². The summed E-state index contributed by atoms with van der Waals surface area (Å²) in [6, 6.07) is 5.69. The molecule has 2 aromatic rings. The van der Waals surface area contributed by atoms with E-state index in [9.17, 15) is 4.79 Å². The first-order chi connectivity index (χ1) is 7.77. The Morgan fingerprint density at radius 1 is 1.38 bits per heavy atom. The van der Waals surface area contributed by atoms with Crippen molar-refractivity contribution >= 4 is 28.4 Å². The number of aromatic nitrogens is 3. The van der Waals surface area contributed by atoms with Crippen LogP contribution in [0.25, 0.3) is 0 Å². The largest absolute Gasteiger partial charge is 0.363 e. The topological polar surface area (TPSA) is 70.7 Å². The second-order valence-corrected chi connectivity index (χ2v) is 4.15. The van der Waals surface area contributed by atoms with Crippen molar-refractivity contribution in [1.82, 2.24) is 15.0 Å². The van der Waals surface area contributed by atoms with Crippen LogP contribution in [0.15, 0.2) is 35.5 Å². The number of anilines is 1. The van der Waals surface area contributed by atoms with Gasteiger partial charge in [-0.3, -0.25) is 9.78 Å². The molecule has 0 aromatic carbocycles. The van der Waals surface area contributed by atoms with Crippen molar-refractivity contribution in [1.29, 1.82) is 0 Å². The molecule has 82 valence electrons. The summed E-state index contributed by atoms with van der Waals surface area (Å²) in [6.07, 6.45) is 3.11. The average molecular weight is 328 g/mol. The van der Waals surface area contributed by atoms with Crippen LogP contribution in [-0.2, 0) is 6.54 Å². The molecule has 0 saturated heterocycles. The highest BCUT2D eigenvalue weighted by molar-refractivity contribution is 14.1. The van der Waals surface area contributed by atoms with E-state index in [0.717, 1.165) is 5.69 Å². The quantitative estimate of drug-likeness (QED) is 0.835. The maximum absolute atomic E-state index is 11.3. The summed E-state index contributed by atoms with van der Waals surface area (Å²) < 4.78 is 0.552. The highest BCUT2D eigenvalue weighted by Crippen LogP contribution is 2.09. The monoisotopic (exact) mass is 328 g/mol. The molecule has 16 heavy (non-hydrogen) atoms. The molecule has 0 fully saturated rings. The second kappa shape index (κ2) is 5.06. The summed E-state index contributed by atoms with van der Waals surface area (Å²) in [7, 11) is 0. The van der Waals surface area contributed by atoms with Gasteiger partial charge in [-0.15, -0.1) is 0 Å². The van der Waals surface area contributed by atoms with E-state index in [0.29, 0.717) is 15.9 Å². The zero-order valence-corrected chi connectivity index (χ0v) is 10.4. The minimum absolute atomic E-state index is 0.140. The lowest BCUT2D eigenvalue weighted by Gasteiger charge is -2.05. The summed E-state index contributed by atoms with van der Waals surface area (Å²) in [6.45, 7) is 0.549. The molecule has 5 nitrogen and oxygen atoms in total. The molecule has 0 aliphatic rings. The Morgan fingerprint density at radius 3 is 3.00 bits per heavy atom. The van der Waals surface area contributed by atoms with Crippen molar-refractivity contribution in [3.63, 3.8) is 0 Å². The number of hydrogen-bond acceptors (Lipinski definition) is 4. The Bertz CT molecular complexity index is 526. The smallest absolute Gasteiger partial charge is 0.266 e. The van der Waals surface area contributed by atoms with Gasteiger partial charge in [0.1, 0.15) is 9.39 Å². The maximum Gasteiger partial charge on any atom is 0.266 e. The van der Waals surface area contributed by atoms with E-state index in [1.807, 2.05) is 40.8 Å². The molecule has 2 rings (SSSR count). The highest BCUT2D eigenvalue weighted by Gasteiger charge is 2.04. The van der Waals surface area contributed by atoms with Crippen LogP contribution in [0.5, 0.6) is 0 Å². The van der Waals surface area contributed by atoms with Gasteiger partial charge < -0.3 is 10.3 Å². The first-order valence-corrected chi connectivity index (χ1v) is 5.72. The number of pyridine rings is 1. The summed E-state index contributed by atoms with van der Waals surface area (Å²) in [5.74, 6) is 0.579. The first kappa shape index (κ1) is 11.1. The van der Waals surface area contributed by atoms with Gasteiger partial charge in [0.15, 0.2) is 0 Å². The average Bonchev–Trinajstić information content (AvgIpc) is 2.32. The van der Waals surface area contributed by atoms with Crippen LogP contribution in [0.4, 0.5) is 5.82 Å². The zero-order valence-electron chi connectivity index (χ0n) is 8.27. The van der Waals surface area contributed by atoms with E-state index in [1.54, 1.807) is 6.20 Å². The van der Waals surface area contributed by atoms with Gasteiger partial charge in [-0.25, -0.2) is 4.98 Å². The Morgan fingerprint density at radius 2 is 2.25 bits per heavy atom. The molecule has 0 spiro atoms. The minimum atomic E-state index is -0.140. The molecule has 0 amide bonds. The van der Waals surface area contributed by atoms with Crippen molar-refractivity contribution in [2.24, 2.45) is 0 Å². The van der Waals surface area contributed by atoms with Crippen LogP contribution in [0, 0.1) is 3.57 Å². The summed E-state index contributed by atoms with van der Waals surface area (Å²) in [5, 5.41) is 3.07. The van der Waals surface area contributed by atoms with Crippen LogP contribution in [-0.4, -0.2) is 15.0 Å². The summed E-state index contributed by atoms with van der Waals surface area (Å²) in [5.41, 5.74) is 0.763. The standard InChI is InChI=1S/C10H9IN4O/c11-8-9(14-6-15-10(8)16)13-5-7-3-1-2-4-12-7/h1-4,6H,5H2,(H2,13,14,15,16). The van der Waals surface area contributed by atoms with E-state index in [4.69, 9.17) is 0 Å². The second-order valence-electron chi connectivity index (χ2n) is 3.07. The molecule has 0 aliphatic heterocycles. The molecular formula is C10H9IN4O. The van der Waals surface area contributed by atoms with E-state index in [1.165, 1.54) is 6.33 Å². The third-order valence-electron chi connectivity index (χ3n) is 1.96. The number of halogens is 1. The molecule has 0 unspecified atom stereocenters. The molecule has 6 heteroatoms. The van der Waals surface area contributed by atoms with Crippen LogP contribution < -0.4 is 10.9 Å². The zero-order chi connectivity index (χ0) is 11.4. The molecule has 0 bridgehead atoms. The molecule has 0 radical (unpaired) electrons. The fourth-order valence-corrected chi connectivity index (χ4v) is 1.67. The summed E-state index contributed by atoms with van der Waals surface area (Å²) in [4.78, 5) is 22.0. The van der Waals surface area contributed by atoms with E-state index in [-0.39, 0.29) is 5.56 Å². The molecule has 0 aliphatic carbocycles. The van der Waals surface area contributed by atoms with Crippen molar-refractivity contribution in [3.8, 4) is 0 Å². The van der Waals surface area contributed by atoms with Gasteiger partial charge in [0, 0.05) is 6.20 Å². The van der Waals surface area contributed by atoms with Crippen LogP contribution in [0.3, 0.4) is 0 Å². The van der Waals surface area contributed by atoms with Gasteiger partial charge in [-0.2, -0.15) is 0 Å². The Balaban J connectivity index is 2.11. The van der Waals surface area contributed by atoms with Gasteiger partial charge in [0.05, 0.1) is 18.6 Å². The third-order valence-corrected chi connectivity index (χ3v) is 2.96. The lowest BCUT2D eigenvalue weighted by molar-refractivity contribution is 1.00. The van der Waals surface area contributed by atoms with E-state index >= 15 is 0 Å². The fourth-order valence-electron chi connectivity index (χ4n) is 1.18. The van der Waals surface area contributed by atoms with Crippen molar-refractivity contribution in [2.75, 3.05) is 5.32 Å². The number of nitrogens with zero attached hydrogens (tertiary/aromatic N) is 2. The number of nitrogens with one attached hydrogen (secondary N) is 2.